The Balaban J connectivity index is 1.69. The van der Waals surface area contributed by atoms with E-state index < -0.39 is 0 Å². The van der Waals surface area contributed by atoms with Crippen molar-refractivity contribution in [2.45, 2.75) is 37.8 Å². The van der Waals surface area contributed by atoms with E-state index in [1.165, 1.54) is 25.0 Å². The lowest BCUT2D eigenvalue weighted by molar-refractivity contribution is 0.365. The standard InChI is InChI=1S/C18H18FN5/c19-12-4-3-5-13(10-12)22-17-14-11-20-18(7-1-2-8-18)16(14)23-15-6-9-21-24(15)17/h3-6,9-10,20,22H,1-2,7-8,11H2. The fourth-order valence-corrected chi connectivity index (χ4v) is 4.10. The summed E-state index contributed by atoms with van der Waals surface area (Å²) >= 11 is 0. The molecule has 3 heterocycles. The van der Waals surface area contributed by atoms with Crippen molar-refractivity contribution in [1.29, 1.82) is 0 Å². The summed E-state index contributed by atoms with van der Waals surface area (Å²) in [6, 6.07) is 8.42. The largest absolute Gasteiger partial charge is 0.340 e. The fourth-order valence-electron chi connectivity index (χ4n) is 4.10. The zero-order chi connectivity index (χ0) is 16.1. The molecule has 0 amide bonds. The maximum atomic E-state index is 13.6. The molecule has 1 fully saturated rings. The molecule has 0 saturated heterocycles. The van der Waals surface area contributed by atoms with Gasteiger partial charge in [-0.15, -0.1) is 0 Å². The molecule has 0 unspecified atom stereocenters. The second-order valence-electron chi connectivity index (χ2n) is 6.67. The molecule has 5 nitrogen and oxygen atoms in total. The van der Waals surface area contributed by atoms with Gasteiger partial charge in [-0.1, -0.05) is 18.9 Å². The van der Waals surface area contributed by atoms with Gasteiger partial charge in [0, 0.05) is 23.9 Å². The van der Waals surface area contributed by atoms with Gasteiger partial charge in [0.1, 0.15) is 11.6 Å². The molecule has 3 aromatic rings. The van der Waals surface area contributed by atoms with E-state index in [0.29, 0.717) is 5.69 Å². The Morgan fingerprint density at radius 2 is 2.08 bits per heavy atom. The van der Waals surface area contributed by atoms with Gasteiger partial charge in [0.2, 0.25) is 0 Å². The molecule has 0 bridgehead atoms. The van der Waals surface area contributed by atoms with E-state index in [1.54, 1.807) is 16.8 Å². The number of nitrogens with one attached hydrogen (secondary N) is 2. The van der Waals surface area contributed by atoms with E-state index in [0.717, 1.165) is 42.1 Å². The van der Waals surface area contributed by atoms with Crippen LogP contribution in [0.2, 0.25) is 0 Å². The van der Waals surface area contributed by atoms with Crippen molar-refractivity contribution in [1.82, 2.24) is 19.9 Å². The van der Waals surface area contributed by atoms with Crippen LogP contribution >= 0.6 is 0 Å². The van der Waals surface area contributed by atoms with Crippen molar-refractivity contribution in [3.63, 3.8) is 0 Å². The minimum atomic E-state index is -0.257. The summed E-state index contributed by atoms with van der Waals surface area (Å²) in [7, 11) is 0. The first kappa shape index (κ1) is 13.9. The molecule has 0 radical (unpaired) electrons. The summed E-state index contributed by atoms with van der Waals surface area (Å²) < 4.78 is 15.4. The van der Waals surface area contributed by atoms with Crippen LogP contribution in [0, 0.1) is 5.82 Å². The first-order valence-corrected chi connectivity index (χ1v) is 8.40. The lowest BCUT2D eigenvalue weighted by Gasteiger charge is -2.24. The monoisotopic (exact) mass is 323 g/mol. The minimum absolute atomic E-state index is 0.000277. The van der Waals surface area contributed by atoms with E-state index >= 15 is 0 Å². The molecule has 1 spiro atoms. The third-order valence-electron chi connectivity index (χ3n) is 5.23. The van der Waals surface area contributed by atoms with E-state index in [4.69, 9.17) is 4.98 Å². The summed E-state index contributed by atoms with van der Waals surface area (Å²) in [4.78, 5) is 4.89. The van der Waals surface area contributed by atoms with Gasteiger partial charge in [-0.25, -0.2) is 9.37 Å². The third-order valence-corrected chi connectivity index (χ3v) is 5.23. The zero-order valence-electron chi connectivity index (χ0n) is 13.2. The number of nitrogens with zero attached hydrogens (tertiary/aromatic N) is 3. The van der Waals surface area contributed by atoms with E-state index in [-0.39, 0.29) is 11.4 Å². The smallest absolute Gasteiger partial charge is 0.157 e. The van der Waals surface area contributed by atoms with E-state index in [9.17, 15) is 4.39 Å². The van der Waals surface area contributed by atoms with Crippen LogP contribution in [0.25, 0.3) is 5.65 Å². The van der Waals surface area contributed by atoms with Gasteiger partial charge >= 0.3 is 0 Å². The second kappa shape index (κ2) is 5.01. The SMILES string of the molecule is Fc1cccc(Nc2c3c(nc4ccnn24)C2(CCCC2)NC3)c1. The Morgan fingerprint density at radius 1 is 1.21 bits per heavy atom. The highest BCUT2D eigenvalue weighted by atomic mass is 19.1. The number of hydrogen-bond donors (Lipinski definition) is 2. The van der Waals surface area contributed by atoms with Crippen molar-refractivity contribution in [3.8, 4) is 0 Å². The molecule has 2 aromatic heterocycles. The molecular weight excluding hydrogens is 305 g/mol. The quantitative estimate of drug-likeness (QED) is 0.758. The van der Waals surface area contributed by atoms with Gasteiger partial charge in [-0.3, -0.25) is 0 Å². The molecule has 2 N–H and O–H groups in total. The minimum Gasteiger partial charge on any atom is -0.340 e. The lowest BCUT2D eigenvalue weighted by atomic mass is 9.94. The van der Waals surface area contributed by atoms with Crippen LogP contribution < -0.4 is 10.6 Å². The Hall–Kier alpha value is -2.47. The molecule has 1 saturated carbocycles. The number of rotatable bonds is 2. The Labute approximate surface area is 138 Å². The highest BCUT2D eigenvalue weighted by Crippen LogP contribution is 2.45. The first-order chi connectivity index (χ1) is 11.8. The number of anilines is 2. The van der Waals surface area contributed by atoms with Crippen LogP contribution in [0.4, 0.5) is 15.9 Å². The van der Waals surface area contributed by atoms with Crippen LogP contribution in [0.5, 0.6) is 0 Å². The maximum Gasteiger partial charge on any atom is 0.157 e. The molecule has 0 atom stereocenters. The van der Waals surface area contributed by atoms with Crippen LogP contribution in [0.3, 0.4) is 0 Å². The van der Waals surface area contributed by atoms with E-state index in [1.807, 2.05) is 12.1 Å². The van der Waals surface area contributed by atoms with Crippen molar-refractivity contribution in [3.05, 3.63) is 53.6 Å². The number of aromatic nitrogens is 3. The molecular formula is C18H18FN5. The van der Waals surface area contributed by atoms with Gasteiger partial charge in [0.25, 0.3) is 0 Å². The Bertz CT molecular complexity index is 926. The molecule has 6 heteroatoms. The van der Waals surface area contributed by atoms with E-state index in [2.05, 4.69) is 15.7 Å². The number of halogens is 1. The molecule has 1 aromatic carbocycles. The molecule has 24 heavy (non-hydrogen) atoms. The predicted molar refractivity (Wildman–Crippen MR) is 89.7 cm³/mol. The van der Waals surface area contributed by atoms with Crippen LogP contribution in [-0.2, 0) is 12.1 Å². The summed E-state index contributed by atoms with van der Waals surface area (Å²) in [5, 5.41) is 11.4. The third kappa shape index (κ3) is 1.96. The van der Waals surface area contributed by atoms with Crippen molar-refractivity contribution >= 4 is 17.2 Å². The molecule has 122 valence electrons. The van der Waals surface area contributed by atoms with Crippen molar-refractivity contribution in [2.24, 2.45) is 0 Å². The topological polar surface area (TPSA) is 54.2 Å². The average molecular weight is 323 g/mol. The number of hydrogen-bond acceptors (Lipinski definition) is 4. The van der Waals surface area contributed by atoms with Crippen LogP contribution in [-0.4, -0.2) is 14.6 Å². The summed E-state index contributed by atoms with van der Waals surface area (Å²) in [6.45, 7) is 0.760. The fraction of sp³-hybridized carbons (Fsp3) is 0.333. The predicted octanol–water partition coefficient (Wildman–Crippen LogP) is 3.48. The van der Waals surface area contributed by atoms with Gasteiger partial charge < -0.3 is 10.6 Å². The molecule has 5 rings (SSSR count). The summed E-state index contributed by atoms with van der Waals surface area (Å²) in [5.74, 6) is 0.620. The van der Waals surface area contributed by atoms with Crippen LogP contribution in [0.15, 0.2) is 36.5 Å². The Morgan fingerprint density at radius 3 is 2.92 bits per heavy atom. The highest BCUT2D eigenvalue weighted by Gasteiger charge is 2.43. The van der Waals surface area contributed by atoms with Crippen molar-refractivity contribution < 1.29 is 4.39 Å². The van der Waals surface area contributed by atoms with Gasteiger partial charge in [-0.2, -0.15) is 9.61 Å². The summed E-state index contributed by atoms with van der Waals surface area (Å²) in [6.07, 6.45) is 6.45. The maximum absolute atomic E-state index is 13.6. The van der Waals surface area contributed by atoms with Gasteiger partial charge in [0.05, 0.1) is 17.4 Å². The Kier molecular flexibility index (Phi) is 2.91. The molecule has 2 aliphatic rings. The number of benzene rings is 1. The van der Waals surface area contributed by atoms with Gasteiger partial charge in [0.15, 0.2) is 5.65 Å². The first-order valence-electron chi connectivity index (χ1n) is 8.40. The summed E-state index contributed by atoms with van der Waals surface area (Å²) in [5.41, 5.74) is 3.80. The number of fused-ring (bicyclic) bond motifs is 3. The lowest BCUT2D eigenvalue weighted by Crippen LogP contribution is -2.33. The molecule has 1 aliphatic carbocycles. The molecule has 1 aliphatic heterocycles. The second-order valence-corrected chi connectivity index (χ2v) is 6.67. The van der Waals surface area contributed by atoms with Crippen LogP contribution in [0.1, 0.15) is 36.9 Å². The zero-order valence-corrected chi connectivity index (χ0v) is 13.2. The average Bonchev–Trinajstić information content (AvgIpc) is 3.30. The normalized spacial score (nSPS) is 18.4. The van der Waals surface area contributed by atoms with Crippen molar-refractivity contribution in [2.75, 3.05) is 5.32 Å². The highest BCUT2D eigenvalue weighted by molar-refractivity contribution is 5.65. The van der Waals surface area contributed by atoms with Gasteiger partial charge in [-0.05, 0) is 31.0 Å².